The fraction of sp³-hybridized carbons (Fsp3) is 0.800. The molecule has 2 aliphatic rings. The van der Waals surface area contributed by atoms with Gasteiger partial charge in [-0.2, -0.15) is 0 Å². The van der Waals surface area contributed by atoms with E-state index in [1.165, 1.54) is 38.6 Å². The molecule has 2 fully saturated rings. The molecule has 62 valence electrons. The van der Waals surface area contributed by atoms with Crippen LogP contribution < -0.4 is 0 Å². The molecule has 1 heterocycles. The third-order valence-electron chi connectivity index (χ3n) is 3.01. The van der Waals surface area contributed by atoms with Gasteiger partial charge >= 0.3 is 0 Å². The molecule has 0 radical (unpaired) electrons. The molecule has 1 aliphatic heterocycles. The molecule has 0 bridgehead atoms. The summed E-state index contributed by atoms with van der Waals surface area (Å²) in [6.07, 6.45) is 9.32. The van der Waals surface area contributed by atoms with Gasteiger partial charge in [-0.15, -0.1) is 6.58 Å². The molecule has 1 unspecified atom stereocenters. The van der Waals surface area contributed by atoms with Crippen molar-refractivity contribution in [2.75, 3.05) is 6.54 Å². The average molecular weight is 151 g/mol. The summed E-state index contributed by atoms with van der Waals surface area (Å²) in [7, 11) is 0. The highest BCUT2D eigenvalue weighted by molar-refractivity contribution is 5.04. The van der Waals surface area contributed by atoms with Crippen LogP contribution in [0.3, 0.4) is 0 Å². The number of nitrogens with zero attached hydrogens (tertiary/aromatic N) is 1. The second-order valence-electron chi connectivity index (χ2n) is 3.79. The fourth-order valence-electron chi connectivity index (χ4n) is 2.21. The van der Waals surface area contributed by atoms with Crippen molar-refractivity contribution in [3.05, 3.63) is 12.7 Å². The largest absolute Gasteiger partial charge is 0.291 e. The van der Waals surface area contributed by atoms with Crippen LogP contribution in [-0.4, -0.2) is 23.5 Å². The highest BCUT2D eigenvalue weighted by Gasteiger charge is 2.37. The maximum Gasteiger partial charge on any atom is 0.0407 e. The Hall–Kier alpha value is -0.300. The lowest BCUT2D eigenvalue weighted by Gasteiger charge is -2.22. The molecule has 2 rings (SSSR count). The molecular formula is C10H17N. The van der Waals surface area contributed by atoms with Gasteiger partial charge in [0.05, 0.1) is 0 Å². The first-order valence-electron chi connectivity index (χ1n) is 4.80. The molecule has 0 amide bonds. The lowest BCUT2D eigenvalue weighted by molar-refractivity contribution is 0.289. The van der Waals surface area contributed by atoms with Crippen LogP contribution in [0.15, 0.2) is 12.7 Å². The first-order chi connectivity index (χ1) is 5.42. The van der Waals surface area contributed by atoms with Gasteiger partial charge in [0.15, 0.2) is 0 Å². The van der Waals surface area contributed by atoms with E-state index in [9.17, 15) is 0 Å². The van der Waals surface area contributed by atoms with Crippen molar-refractivity contribution in [2.24, 2.45) is 0 Å². The summed E-state index contributed by atoms with van der Waals surface area (Å²) in [6, 6.07) is 1.64. The van der Waals surface area contributed by atoms with Crippen LogP contribution in [0.2, 0.25) is 0 Å². The summed E-state index contributed by atoms with van der Waals surface area (Å²) in [6.45, 7) is 5.11. The Bertz CT molecular complexity index is 147. The minimum atomic E-state index is 0.734. The molecular weight excluding hydrogens is 134 g/mol. The van der Waals surface area contributed by atoms with Gasteiger partial charge in [-0.1, -0.05) is 25.3 Å². The van der Waals surface area contributed by atoms with Crippen molar-refractivity contribution >= 4 is 0 Å². The molecule has 2 atom stereocenters. The van der Waals surface area contributed by atoms with Gasteiger partial charge in [-0.05, 0) is 12.8 Å². The van der Waals surface area contributed by atoms with Crippen molar-refractivity contribution in [3.8, 4) is 0 Å². The van der Waals surface area contributed by atoms with Gasteiger partial charge in [-0.3, -0.25) is 4.90 Å². The van der Waals surface area contributed by atoms with E-state index in [-0.39, 0.29) is 0 Å². The molecule has 1 nitrogen and oxygen atoms in total. The molecule has 1 heteroatoms. The molecule has 11 heavy (non-hydrogen) atoms. The van der Waals surface area contributed by atoms with E-state index >= 15 is 0 Å². The molecule has 0 aromatic heterocycles. The summed E-state index contributed by atoms with van der Waals surface area (Å²) in [5.74, 6) is 0. The van der Waals surface area contributed by atoms with Crippen LogP contribution in [0.4, 0.5) is 0 Å². The Morgan fingerprint density at radius 2 is 1.91 bits per heavy atom. The van der Waals surface area contributed by atoms with Crippen molar-refractivity contribution in [3.63, 3.8) is 0 Å². The Morgan fingerprint density at radius 1 is 1.18 bits per heavy atom. The summed E-state index contributed by atoms with van der Waals surface area (Å²) < 4.78 is 0. The van der Waals surface area contributed by atoms with Gasteiger partial charge in [0.2, 0.25) is 0 Å². The minimum absolute atomic E-state index is 0.734. The summed E-state index contributed by atoms with van der Waals surface area (Å²) in [5.41, 5.74) is 0. The zero-order valence-corrected chi connectivity index (χ0v) is 7.13. The fourth-order valence-corrected chi connectivity index (χ4v) is 2.21. The minimum Gasteiger partial charge on any atom is -0.291 e. The standard InChI is InChI=1S/C10H17N/c1-2-9-8-11(9)10-6-4-3-5-7-10/h2,9-10H,1,3-8H2/t9-,11?/m1/s1. The van der Waals surface area contributed by atoms with Gasteiger partial charge in [-0.25, -0.2) is 0 Å². The van der Waals surface area contributed by atoms with E-state index in [2.05, 4.69) is 17.6 Å². The summed E-state index contributed by atoms with van der Waals surface area (Å²) >= 11 is 0. The molecule has 0 N–H and O–H groups in total. The molecule has 1 saturated heterocycles. The Balaban J connectivity index is 1.81. The van der Waals surface area contributed by atoms with Crippen molar-refractivity contribution in [2.45, 2.75) is 44.2 Å². The third-order valence-corrected chi connectivity index (χ3v) is 3.01. The molecule has 0 aromatic carbocycles. The SMILES string of the molecule is C=C[C@@H]1CN1C1CCCCC1. The van der Waals surface area contributed by atoms with E-state index in [1.54, 1.807) is 0 Å². The Morgan fingerprint density at radius 3 is 2.45 bits per heavy atom. The lowest BCUT2D eigenvalue weighted by atomic mass is 9.95. The van der Waals surface area contributed by atoms with Crippen molar-refractivity contribution < 1.29 is 0 Å². The van der Waals surface area contributed by atoms with E-state index in [0.717, 1.165) is 12.1 Å². The Labute approximate surface area is 69.1 Å². The molecule has 1 aliphatic carbocycles. The molecule has 1 saturated carbocycles. The van der Waals surface area contributed by atoms with Crippen LogP contribution in [0, 0.1) is 0 Å². The number of rotatable bonds is 2. The number of hydrogen-bond donors (Lipinski definition) is 0. The lowest BCUT2D eigenvalue weighted by Crippen LogP contribution is -2.22. The van der Waals surface area contributed by atoms with Gasteiger partial charge in [0.1, 0.15) is 0 Å². The zero-order chi connectivity index (χ0) is 7.68. The Kier molecular flexibility index (Phi) is 1.99. The normalized spacial score (nSPS) is 38.5. The third kappa shape index (κ3) is 1.48. The van der Waals surface area contributed by atoms with Gasteiger partial charge in [0.25, 0.3) is 0 Å². The van der Waals surface area contributed by atoms with Crippen LogP contribution in [0.25, 0.3) is 0 Å². The van der Waals surface area contributed by atoms with Crippen LogP contribution >= 0.6 is 0 Å². The molecule has 0 aromatic rings. The van der Waals surface area contributed by atoms with E-state index in [0.29, 0.717) is 0 Å². The highest BCUT2D eigenvalue weighted by Crippen LogP contribution is 2.31. The smallest absolute Gasteiger partial charge is 0.0407 e. The second-order valence-corrected chi connectivity index (χ2v) is 3.79. The van der Waals surface area contributed by atoms with Crippen LogP contribution in [-0.2, 0) is 0 Å². The summed E-state index contributed by atoms with van der Waals surface area (Å²) in [4.78, 5) is 2.59. The van der Waals surface area contributed by atoms with E-state index in [4.69, 9.17) is 0 Å². The predicted molar refractivity (Wildman–Crippen MR) is 47.6 cm³/mol. The van der Waals surface area contributed by atoms with Gasteiger partial charge in [0, 0.05) is 18.6 Å². The quantitative estimate of drug-likeness (QED) is 0.432. The zero-order valence-electron chi connectivity index (χ0n) is 7.13. The van der Waals surface area contributed by atoms with Gasteiger partial charge < -0.3 is 0 Å². The van der Waals surface area contributed by atoms with Crippen molar-refractivity contribution in [1.82, 2.24) is 4.90 Å². The number of hydrogen-bond acceptors (Lipinski definition) is 1. The average Bonchev–Trinajstić information content (AvgIpc) is 2.85. The van der Waals surface area contributed by atoms with Crippen LogP contribution in [0.5, 0.6) is 0 Å². The highest BCUT2D eigenvalue weighted by atomic mass is 15.3. The monoisotopic (exact) mass is 151 g/mol. The van der Waals surface area contributed by atoms with Crippen LogP contribution in [0.1, 0.15) is 32.1 Å². The maximum absolute atomic E-state index is 3.83. The predicted octanol–water partition coefficient (Wildman–Crippen LogP) is 2.19. The topological polar surface area (TPSA) is 3.01 Å². The van der Waals surface area contributed by atoms with Crippen molar-refractivity contribution in [1.29, 1.82) is 0 Å². The molecule has 0 spiro atoms. The summed E-state index contributed by atoms with van der Waals surface area (Å²) in [5, 5.41) is 0. The van der Waals surface area contributed by atoms with E-state index in [1.807, 2.05) is 0 Å². The van der Waals surface area contributed by atoms with E-state index < -0.39 is 0 Å². The second kappa shape index (κ2) is 2.98. The first kappa shape index (κ1) is 7.35. The maximum atomic E-state index is 3.83. The first-order valence-corrected chi connectivity index (χ1v) is 4.80.